The van der Waals surface area contributed by atoms with Gasteiger partial charge in [0.05, 0.1) is 0 Å². The maximum absolute atomic E-state index is 6.51. The van der Waals surface area contributed by atoms with Crippen LogP contribution in [0, 0.1) is 0 Å². The number of rotatable bonds is 4. The molecule has 1 heterocycles. The Morgan fingerprint density at radius 3 is 1.38 bits per heavy atom. The number of hydrogen-bond donors (Lipinski definition) is 0. The Balaban J connectivity index is 0.951. The summed E-state index contributed by atoms with van der Waals surface area (Å²) in [6.45, 7) is 0. The summed E-state index contributed by atoms with van der Waals surface area (Å²) < 4.78 is 6.51. The van der Waals surface area contributed by atoms with Gasteiger partial charge in [-0.1, -0.05) is 146 Å². The standard InChI is InChI=1S/C52H32O/c1-2-10-34-27-36(18-17-33(34)9-1)39-23-25-48-49-26-24-40(32-52(49)53-51(48)31-39)37-19-20-38-29-42(22-21-35(38)28-37)44-13-5-6-15-46(44)50-30-41-11-3-4-12-43(41)45-14-7-8-16-47(45)50/h1-32H. The van der Waals surface area contributed by atoms with Crippen molar-refractivity contribution in [2.45, 2.75) is 0 Å². The lowest BCUT2D eigenvalue weighted by Gasteiger charge is -2.15. The molecule has 1 aromatic heterocycles. The lowest BCUT2D eigenvalue weighted by atomic mass is 9.88. The molecule has 0 aliphatic rings. The number of benzene rings is 10. The zero-order valence-electron chi connectivity index (χ0n) is 28.9. The molecule has 11 rings (SSSR count). The SMILES string of the molecule is c1ccc(-c2cc3ccccc3c3ccccc23)c(-c2ccc3cc(-c4ccc5c(c4)oc4cc(-c6ccc7ccccc7c6)ccc45)ccc3c2)c1. The van der Waals surface area contributed by atoms with Crippen molar-refractivity contribution in [3.8, 4) is 44.5 Å². The van der Waals surface area contributed by atoms with E-state index in [0.717, 1.165) is 33.1 Å². The van der Waals surface area contributed by atoms with E-state index < -0.39 is 0 Å². The Kier molecular flexibility index (Phi) is 6.62. The van der Waals surface area contributed by atoms with Gasteiger partial charge in [-0.2, -0.15) is 0 Å². The zero-order chi connectivity index (χ0) is 34.9. The van der Waals surface area contributed by atoms with E-state index in [2.05, 4.69) is 194 Å². The lowest BCUT2D eigenvalue weighted by Crippen LogP contribution is -1.89. The van der Waals surface area contributed by atoms with E-state index in [1.54, 1.807) is 0 Å². The van der Waals surface area contributed by atoms with E-state index in [1.807, 2.05) is 0 Å². The van der Waals surface area contributed by atoms with Gasteiger partial charge in [0.25, 0.3) is 0 Å². The number of fused-ring (bicyclic) bond motifs is 8. The van der Waals surface area contributed by atoms with Gasteiger partial charge >= 0.3 is 0 Å². The van der Waals surface area contributed by atoms with Gasteiger partial charge in [-0.15, -0.1) is 0 Å². The van der Waals surface area contributed by atoms with Crippen molar-refractivity contribution in [1.82, 2.24) is 0 Å². The van der Waals surface area contributed by atoms with E-state index in [0.29, 0.717) is 0 Å². The van der Waals surface area contributed by atoms with Crippen LogP contribution in [0.2, 0.25) is 0 Å². The molecule has 0 aliphatic carbocycles. The minimum atomic E-state index is 0.904. The van der Waals surface area contributed by atoms with Crippen molar-refractivity contribution in [2.24, 2.45) is 0 Å². The summed E-state index contributed by atoms with van der Waals surface area (Å²) in [5.74, 6) is 0. The smallest absolute Gasteiger partial charge is 0.136 e. The topological polar surface area (TPSA) is 13.1 Å². The Morgan fingerprint density at radius 1 is 0.226 bits per heavy atom. The molecule has 0 amide bonds. The van der Waals surface area contributed by atoms with E-state index in [1.165, 1.54) is 76.5 Å². The van der Waals surface area contributed by atoms with Crippen LogP contribution in [0.1, 0.15) is 0 Å². The van der Waals surface area contributed by atoms with Crippen LogP contribution < -0.4 is 0 Å². The quantitative estimate of drug-likeness (QED) is 0.170. The van der Waals surface area contributed by atoms with Gasteiger partial charge in [0, 0.05) is 10.8 Å². The van der Waals surface area contributed by atoms with Crippen LogP contribution >= 0.6 is 0 Å². The lowest BCUT2D eigenvalue weighted by molar-refractivity contribution is 0.669. The van der Waals surface area contributed by atoms with Crippen LogP contribution in [0.25, 0.3) is 110 Å². The minimum Gasteiger partial charge on any atom is -0.456 e. The maximum atomic E-state index is 6.51. The molecule has 0 bridgehead atoms. The zero-order valence-corrected chi connectivity index (χ0v) is 28.9. The molecule has 0 N–H and O–H groups in total. The average molecular weight is 673 g/mol. The summed E-state index contributed by atoms with van der Waals surface area (Å²) in [5.41, 5.74) is 11.4. The average Bonchev–Trinajstić information content (AvgIpc) is 3.60. The van der Waals surface area contributed by atoms with E-state index in [4.69, 9.17) is 4.42 Å². The molecule has 10 aromatic carbocycles. The van der Waals surface area contributed by atoms with Crippen molar-refractivity contribution >= 4 is 65.0 Å². The van der Waals surface area contributed by atoms with Crippen LogP contribution in [-0.4, -0.2) is 0 Å². The van der Waals surface area contributed by atoms with Crippen LogP contribution in [0.15, 0.2) is 199 Å². The van der Waals surface area contributed by atoms with Crippen molar-refractivity contribution in [1.29, 1.82) is 0 Å². The molecule has 1 heteroatoms. The van der Waals surface area contributed by atoms with Gasteiger partial charge in [0.1, 0.15) is 11.2 Å². The van der Waals surface area contributed by atoms with Crippen LogP contribution in [0.5, 0.6) is 0 Å². The summed E-state index contributed by atoms with van der Waals surface area (Å²) >= 11 is 0. The molecule has 0 atom stereocenters. The van der Waals surface area contributed by atoms with Crippen LogP contribution in [-0.2, 0) is 0 Å². The predicted octanol–water partition coefficient (Wildman–Crippen LogP) is 14.9. The molecule has 11 aromatic rings. The van der Waals surface area contributed by atoms with Gasteiger partial charge in [0.2, 0.25) is 0 Å². The van der Waals surface area contributed by atoms with Crippen molar-refractivity contribution in [3.63, 3.8) is 0 Å². The van der Waals surface area contributed by atoms with Crippen molar-refractivity contribution in [3.05, 3.63) is 194 Å². The highest BCUT2D eigenvalue weighted by atomic mass is 16.3. The van der Waals surface area contributed by atoms with Crippen molar-refractivity contribution < 1.29 is 4.42 Å². The number of hydrogen-bond acceptors (Lipinski definition) is 1. The van der Waals surface area contributed by atoms with E-state index in [9.17, 15) is 0 Å². The summed E-state index contributed by atoms with van der Waals surface area (Å²) in [4.78, 5) is 0. The highest BCUT2D eigenvalue weighted by Crippen LogP contribution is 2.41. The molecule has 0 saturated carbocycles. The molecule has 0 unspecified atom stereocenters. The first-order chi connectivity index (χ1) is 26.2. The largest absolute Gasteiger partial charge is 0.456 e. The second-order valence-electron chi connectivity index (χ2n) is 14.1. The third-order valence-electron chi connectivity index (χ3n) is 11.0. The second kappa shape index (κ2) is 11.8. The molecule has 0 radical (unpaired) electrons. The summed E-state index contributed by atoms with van der Waals surface area (Å²) in [7, 11) is 0. The Labute approximate surface area is 307 Å². The minimum absolute atomic E-state index is 0.904. The first-order valence-electron chi connectivity index (χ1n) is 18.2. The molecular formula is C52H32O. The predicted molar refractivity (Wildman–Crippen MR) is 225 cm³/mol. The molecule has 246 valence electrons. The van der Waals surface area contributed by atoms with Crippen molar-refractivity contribution in [2.75, 3.05) is 0 Å². The van der Waals surface area contributed by atoms with E-state index in [-0.39, 0.29) is 0 Å². The fourth-order valence-electron chi connectivity index (χ4n) is 8.34. The molecule has 53 heavy (non-hydrogen) atoms. The third kappa shape index (κ3) is 4.93. The highest BCUT2D eigenvalue weighted by molar-refractivity contribution is 6.15. The Hall–Kier alpha value is -6.96. The van der Waals surface area contributed by atoms with Gasteiger partial charge in [-0.05, 0) is 136 Å². The molecule has 1 nitrogen and oxygen atoms in total. The summed E-state index contributed by atoms with van der Waals surface area (Å²) in [5, 5.41) is 12.3. The first kappa shape index (κ1) is 29.7. The highest BCUT2D eigenvalue weighted by Gasteiger charge is 2.14. The third-order valence-corrected chi connectivity index (χ3v) is 11.0. The molecule has 0 spiro atoms. The monoisotopic (exact) mass is 672 g/mol. The Bertz CT molecular complexity index is 3230. The fourth-order valence-corrected chi connectivity index (χ4v) is 8.34. The first-order valence-corrected chi connectivity index (χ1v) is 18.2. The second-order valence-corrected chi connectivity index (χ2v) is 14.1. The molecule has 0 aliphatic heterocycles. The van der Waals surface area contributed by atoms with Gasteiger partial charge < -0.3 is 4.42 Å². The van der Waals surface area contributed by atoms with Gasteiger partial charge in [-0.3, -0.25) is 0 Å². The van der Waals surface area contributed by atoms with Crippen LogP contribution in [0.3, 0.4) is 0 Å². The maximum Gasteiger partial charge on any atom is 0.136 e. The number of furan rings is 1. The Morgan fingerprint density at radius 2 is 0.679 bits per heavy atom. The van der Waals surface area contributed by atoms with Gasteiger partial charge in [-0.25, -0.2) is 0 Å². The van der Waals surface area contributed by atoms with Crippen LogP contribution in [0.4, 0.5) is 0 Å². The summed E-state index contributed by atoms with van der Waals surface area (Å²) in [6.07, 6.45) is 0. The summed E-state index contributed by atoms with van der Waals surface area (Å²) in [6, 6.07) is 70.6. The van der Waals surface area contributed by atoms with Gasteiger partial charge in [0.15, 0.2) is 0 Å². The normalized spacial score (nSPS) is 11.8. The van der Waals surface area contributed by atoms with E-state index >= 15 is 0 Å². The molecule has 0 fully saturated rings. The molecule has 0 saturated heterocycles. The molecular weight excluding hydrogens is 641 g/mol. The fraction of sp³-hybridized carbons (Fsp3) is 0.